The highest BCUT2D eigenvalue weighted by molar-refractivity contribution is 7.89. The van der Waals surface area contributed by atoms with E-state index in [1.54, 1.807) is 0 Å². The van der Waals surface area contributed by atoms with Crippen molar-refractivity contribution in [2.75, 3.05) is 19.5 Å². The first kappa shape index (κ1) is 17.3. The second kappa shape index (κ2) is 7.87. The predicted molar refractivity (Wildman–Crippen MR) is 75.6 cm³/mol. The lowest BCUT2D eigenvalue weighted by atomic mass is 10.1. The zero-order valence-corrected chi connectivity index (χ0v) is 12.2. The summed E-state index contributed by atoms with van der Waals surface area (Å²) < 4.78 is 43.7. The van der Waals surface area contributed by atoms with Crippen molar-refractivity contribution >= 4 is 22.1 Å². The lowest BCUT2D eigenvalue weighted by Crippen LogP contribution is -2.28. The zero-order valence-electron chi connectivity index (χ0n) is 11.4. The molecule has 0 spiro atoms. The average Bonchev–Trinajstić information content (AvgIpc) is 2.43. The number of ether oxygens (including phenoxy) is 1. The fourth-order valence-electron chi connectivity index (χ4n) is 1.45. The lowest BCUT2D eigenvalue weighted by molar-refractivity contribution is -0.131. The van der Waals surface area contributed by atoms with Crippen LogP contribution in [0.5, 0.6) is 0 Å². The third-order valence-corrected chi connectivity index (χ3v) is 3.82. The van der Waals surface area contributed by atoms with Gasteiger partial charge in [-0.25, -0.2) is 22.3 Å². The number of aliphatic carboxylic acids is 1. The van der Waals surface area contributed by atoms with Gasteiger partial charge in [0.2, 0.25) is 10.0 Å². The molecule has 0 radical (unpaired) electrons. The summed E-state index contributed by atoms with van der Waals surface area (Å²) in [7, 11) is -2.17. The fraction of sp³-hybridized carbons (Fsp3) is 0.308. The number of nitrogens with one attached hydrogen (secondary N) is 1. The minimum Gasteiger partial charge on any atom is -0.478 e. The maximum Gasteiger partial charge on any atom is 0.328 e. The standard InChI is InChI=1S/C13H16FNO5S/c1-20-6-7-21(18,19)15-9-11-8-10(2-4-12(11)14)3-5-13(16)17/h2-5,8,15H,6-7,9H2,1H3,(H,16,17). The highest BCUT2D eigenvalue weighted by atomic mass is 32.2. The van der Waals surface area contributed by atoms with Gasteiger partial charge in [0.15, 0.2) is 0 Å². The zero-order chi connectivity index (χ0) is 15.9. The number of halogens is 1. The molecule has 0 bridgehead atoms. The molecular formula is C13H16FNO5S. The first-order chi connectivity index (χ1) is 9.84. The van der Waals surface area contributed by atoms with Crippen molar-refractivity contribution in [3.8, 4) is 0 Å². The van der Waals surface area contributed by atoms with Gasteiger partial charge in [0.05, 0.1) is 12.4 Å². The Morgan fingerprint density at radius 1 is 1.48 bits per heavy atom. The molecule has 0 atom stereocenters. The van der Waals surface area contributed by atoms with E-state index >= 15 is 0 Å². The van der Waals surface area contributed by atoms with Crippen LogP contribution in [0.4, 0.5) is 4.39 Å². The quantitative estimate of drug-likeness (QED) is 0.698. The largest absolute Gasteiger partial charge is 0.478 e. The molecule has 0 aliphatic rings. The van der Waals surface area contributed by atoms with Crippen LogP contribution in [0.25, 0.3) is 6.08 Å². The van der Waals surface area contributed by atoms with E-state index in [-0.39, 0.29) is 24.5 Å². The van der Waals surface area contributed by atoms with Crippen LogP contribution in [0.2, 0.25) is 0 Å². The summed E-state index contributed by atoms with van der Waals surface area (Å²) in [5.74, 6) is -1.91. The molecule has 1 rings (SSSR count). The number of hydrogen-bond donors (Lipinski definition) is 2. The van der Waals surface area contributed by atoms with Crippen molar-refractivity contribution in [3.63, 3.8) is 0 Å². The lowest BCUT2D eigenvalue weighted by Gasteiger charge is -2.08. The number of sulfonamides is 1. The second-order valence-corrected chi connectivity index (χ2v) is 6.08. The van der Waals surface area contributed by atoms with Crippen molar-refractivity contribution in [3.05, 3.63) is 41.2 Å². The molecule has 1 aromatic rings. The highest BCUT2D eigenvalue weighted by Gasteiger charge is 2.11. The molecule has 0 aliphatic carbocycles. The number of carboxylic acid groups (broad SMARTS) is 1. The van der Waals surface area contributed by atoms with Crippen LogP contribution in [-0.2, 0) is 26.1 Å². The van der Waals surface area contributed by atoms with E-state index in [0.29, 0.717) is 5.56 Å². The first-order valence-electron chi connectivity index (χ1n) is 6.00. The molecule has 21 heavy (non-hydrogen) atoms. The van der Waals surface area contributed by atoms with Crippen molar-refractivity contribution in [1.29, 1.82) is 0 Å². The molecule has 2 N–H and O–H groups in total. The number of benzene rings is 1. The average molecular weight is 317 g/mol. The molecule has 6 nitrogen and oxygen atoms in total. The predicted octanol–water partition coefficient (Wildman–Crippen LogP) is 0.989. The van der Waals surface area contributed by atoms with E-state index in [1.165, 1.54) is 25.3 Å². The van der Waals surface area contributed by atoms with Gasteiger partial charge in [0.25, 0.3) is 0 Å². The fourth-order valence-corrected chi connectivity index (χ4v) is 2.36. The van der Waals surface area contributed by atoms with Crippen LogP contribution >= 0.6 is 0 Å². The molecule has 0 fully saturated rings. The number of methoxy groups -OCH3 is 1. The van der Waals surface area contributed by atoms with Gasteiger partial charge in [-0.15, -0.1) is 0 Å². The minimum atomic E-state index is -3.55. The third kappa shape index (κ3) is 6.48. The number of carbonyl (C=O) groups is 1. The Morgan fingerprint density at radius 3 is 2.81 bits per heavy atom. The van der Waals surface area contributed by atoms with Crippen LogP contribution in [0.3, 0.4) is 0 Å². The molecule has 0 heterocycles. The number of rotatable bonds is 8. The third-order valence-electron chi connectivity index (χ3n) is 2.53. The Morgan fingerprint density at radius 2 is 2.19 bits per heavy atom. The SMILES string of the molecule is COCCS(=O)(=O)NCc1cc(C=CC(=O)O)ccc1F. The maximum absolute atomic E-state index is 13.6. The molecule has 0 aromatic heterocycles. The summed E-state index contributed by atoms with van der Waals surface area (Å²) in [6.07, 6.45) is 2.21. The summed E-state index contributed by atoms with van der Waals surface area (Å²) in [5, 5.41) is 8.53. The van der Waals surface area contributed by atoms with E-state index in [2.05, 4.69) is 9.46 Å². The summed E-state index contributed by atoms with van der Waals surface area (Å²) in [4.78, 5) is 10.4. The van der Waals surface area contributed by atoms with Gasteiger partial charge in [0, 0.05) is 25.3 Å². The van der Waals surface area contributed by atoms with Crippen molar-refractivity contribution in [2.45, 2.75) is 6.54 Å². The summed E-state index contributed by atoms with van der Waals surface area (Å²) in [5.41, 5.74) is 0.591. The van der Waals surface area contributed by atoms with Crippen molar-refractivity contribution < 1.29 is 27.4 Å². The van der Waals surface area contributed by atoms with E-state index in [1.807, 2.05) is 0 Å². The minimum absolute atomic E-state index is 0.0409. The molecule has 0 saturated carbocycles. The molecular weight excluding hydrogens is 301 g/mol. The molecule has 0 unspecified atom stereocenters. The second-order valence-electron chi connectivity index (χ2n) is 4.16. The summed E-state index contributed by atoms with van der Waals surface area (Å²) in [6.45, 7) is -0.175. The van der Waals surface area contributed by atoms with Crippen molar-refractivity contribution in [2.24, 2.45) is 0 Å². The van der Waals surface area contributed by atoms with Gasteiger partial charge in [-0.2, -0.15) is 0 Å². The maximum atomic E-state index is 13.6. The molecule has 116 valence electrons. The molecule has 8 heteroatoms. The number of hydrogen-bond acceptors (Lipinski definition) is 4. The van der Waals surface area contributed by atoms with Gasteiger partial charge in [-0.1, -0.05) is 6.07 Å². The Bertz CT molecular complexity index is 627. The first-order valence-corrected chi connectivity index (χ1v) is 7.65. The Labute approximate surface area is 122 Å². The van der Waals surface area contributed by atoms with Crippen LogP contribution in [-0.4, -0.2) is 39.0 Å². The Hall–Kier alpha value is -1.77. The normalized spacial score (nSPS) is 11.9. The van der Waals surface area contributed by atoms with Gasteiger partial charge in [-0.3, -0.25) is 0 Å². The molecule has 0 saturated heterocycles. The van der Waals surface area contributed by atoms with Crippen LogP contribution < -0.4 is 4.72 Å². The monoisotopic (exact) mass is 317 g/mol. The van der Waals surface area contributed by atoms with Crippen molar-refractivity contribution in [1.82, 2.24) is 4.72 Å². The van der Waals surface area contributed by atoms with E-state index in [4.69, 9.17) is 5.11 Å². The summed E-state index contributed by atoms with van der Waals surface area (Å²) >= 11 is 0. The smallest absolute Gasteiger partial charge is 0.328 e. The van der Waals surface area contributed by atoms with E-state index in [0.717, 1.165) is 12.1 Å². The van der Waals surface area contributed by atoms with E-state index < -0.39 is 21.8 Å². The van der Waals surface area contributed by atoms with E-state index in [9.17, 15) is 17.6 Å². The van der Waals surface area contributed by atoms with Gasteiger partial charge in [-0.05, 0) is 23.8 Å². The van der Waals surface area contributed by atoms with Gasteiger partial charge >= 0.3 is 5.97 Å². The van der Waals surface area contributed by atoms with Crippen LogP contribution in [0, 0.1) is 5.82 Å². The topological polar surface area (TPSA) is 92.7 Å². The Kier molecular flexibility index (Phi) is 6.47. The highest BCUT2D eigenvalue weighted by Crippen LogP contribution is 2.12. The molecule has 0 aliphatic heterocycles. The summed E-state index contributed by atoms with van der Waals surface area (Å²) in [6, 6.07) is 3.94. The van der Waals surface area contributed by atoms with Crippen LogP contribution in [0.1, 0.15) is 11.1 Å². The van der Waals surface area contributed by atoms with Gasteiger partial charge in [0.1, 0.15) is 5.82 Å². The Balaban J connectivity index is 2.79. The molecule has 1 aromatic carbocycles. The number of carboxylic acids is 1. The van der Waals surface area contributed by atoms with Gasteiger partial charge < -0.3 is 9.84 Å². The molecule has 0 amide bonds. The van der Waals surface area contributed by atoms with Crippen LogP contribution in [0.15, 0.2) is 24.3 Å².